The molecule has 0 spiro atoms. The van der Waals surface area contributed by atoms with Crippen molar-refractivity contribution in [2.45, 2.75) is 19.9 Å². The van der Waals surface area contributed by atoms with Crippen LogP contribution < -0.4 is 11.1 Å². The first kappa shape index (κ1) is 13.5. The lowest BCUT2D eigenvalue weighted by Crippen LogP contribution is -2.27. The first-order valence-electron chi connectivity index (χ1n) is 5.75. The minimum absolute atomic E-state index is 0.125. The molecule has 0 fully saturated rings. The zero-order valence-corrected chi connectivity index (χ0v) is 11.4. The Balaban J connectivity index is 2.12. The first-order chi connectivity index (χ1) is 8.97. The smallest absolute Gasteiger partial charge is 0.253 e. The molecule has 0 saturated heterocycles. The van der Waals surface area contributed by atoms with E-state index in [1.165, 1.54) is 23.5 Å². The lowest BCUT2D eigenvalue weighted by molar-refractivity contribution is 0.0940. The molecule has 1 amide bonds. The maximum atomic E-state index is 12.9. The highest BCUT2D eigenvalue weighted by Gasteiger charge is 2.16. The van der Waals surface area contributed by atoms with Crippen LogP contribution in [0.2, 0.25) is 0 Å². The van der Waals surface area contributed by atoms with E-state index < -0.39 is 5.82 Å². The molecule has 0 saturated carbocycles. The maximum absolute atomic E-state index is 12.9. The van der Waals surface area contributed by atoms with Crippen LogP contribution in [0.15, 0.2) is 24.4 Å². The molecule has 0 aliphatic rings. The second-order valence-corrected chi connectivity index (χ2v) is 5.50. The number of carbonyl (C=O) groups is 1. The molecule has 0 aliphatic carbocycles. The quantitative estimate of drug-likeness (QED) is 0.849. The number of halogens is 1. The van der Waals surface area contributed by atoms with Crippen LogP contribution >= 0.6 is 11.3 Å². The number of carbonyl (C=O) groups excluding carboxylic acids is 1. The van der Waals surface area contributed by atoms with Gasteiger partial charge in [0.1, 0.15) is 10.8 Å². The summed E-state index contributed by atoms with van der Waals surface area (Å²) in [6.45, 7) is 3.80. The number of anilines is 1. The van der Waals surface area contributed by atoms with E-state index in [0.717, 1.165) is 16.0 Å². The highest BCUT2D eigenvalue weighted by Crippen LogP contribution is 2.20. The minimum atomic E-state index is -0.461. The topological polar surface area (TPSA) is 68.0 Å². The van der Waals surface area contributed by atoms with Crippen LogP contribution in [-0.2, 0) is 0 Å². The molecule has 1 unspecified atom stereocenters. The van der Waals surface area contributed by atoms with Crippen LogP contribution in [0.4, 0.5) is 10.1 Å². The monoisotopic (exact) mass is 279 g/mol. The minimum Gasteiger partial charge on any atom is -0.398 e. The highest BCUT2D eigenvalue weighted by molar-refractivity contribution is 7.11. The van der Waals surface area contributed by atoms with Gasteiger partial charge in [0.25, 0.3) is 5.91 Å². The van der Waals surface area contributed by atoms with Crippen molar-refractivity contribution >= 4 is 22.9 Å². The predicted molar refractivity (Wildman–Crippen MR) is 73.5 cm³/mol. The average molecular weight is 279 g/mol. The molecule has 0 radical (unpaired) electrons. The Morgan fingerprint density at radius 3 is 2.84 bits per heavy atom. The normalized spacial score (nSPS) is 12.2. The Morgan fingerprint density at radius 2 is 2.26 bits per heavy atom. The number of aromatic nitrogens is 1. The number of hydrogen-bond acceptors (Lipinski definition) is 4. The molecule has 1 atom stereocenters. The number of thiazole rings is 1. The van der Waals surface area contributed by atoms with Crippen LogP contribution in [0.3, 0.4) is 0 Å². The van der Waals surface area contributed by atoms with Gasteiger partial charge < -0.3 is 11.1 Å². The molecule has 0 bridgehead atoms. The Kier molecular flexibility index (Phi) is 3.80. The van der Waals surface area contributed by atoms with Crippen molar-refractivity contribution in [3.05, 3.63) is 45.7 Å². The molecule has 0 aliphatic heterocycles. The van der Waals surface area contributed by atoms with Gasteiger partial charge in [-0.1, -0.05) is 0 Å². The second-order valence-electron chi connectivity index (χ2n) is 4.24. The molecule has 19 heavy (non-hydrogen) atoms. The van der Waals surface area contributed by atoms with E-state index in [0.29, 0.717) is 0 Å². The van der Waals surface area contributed by atoms with E-state index in [1.54, 1.807) is 6.20 Å². The van der Waals surface area contributed by atoms with Crippen molar-refractivity contribution in [1.82, 2.24) is 10.3 Å². The first-order valence-corrected chi connectivity index (χ1v) is 6.57. The maximum Gasteiger partial charge on any atom is 0.253 e. The highest BCUT2D eigenvalue weighted by atomic mass is 32.1. The summed E-state index contributed by atoms with van der Waals surface area (Å²) in [7, 11) is 0. The average Bonchev–Trinajstić information content (AvgIpc) is 2.75. The third-order valence-electron chi connectivity index (χ3n) is 2.62. The van der Waals surface area contributed by atoms with E-state index in [2.05, 4.69) is 10.3 Å². The number of amides is 1. The fourth-order valence-electron chi connectivity index (χ4n) is 1.65. The third-order valence-corrected chi connectivity index (χ3v) is 3.71. The number of nitrogen functional groups attached to an aromatic ring is 1. The fourth-order valence-corrected chi connectivity index (χ4v) is 2.43. The molecule has 2 aromatic rings. The standard InChI is InChI=1S/C13H14FN3OS/c1-7-6-16-13(19-7)8(2)17-12(18)10-4-3-9(14)5-11(10)15/h3-6,8H,15H2,1-2H3,(H,17,18). The van der Waals surface area contributed by atoms with E-state index in [4.69, 9.17) is 5.73 Å². The summed E-state index contributed by atoms with van der Waals surface area (Å²) in [5.41, 5.74) is 6.02. The summed E-state index contributed by atoms with van der Waals surface area (Å²) in [4.78, 5) is 17.3. The summed E-state index contributed by atoms with van der Waals surface area (Å²) >= 11 is 1.52. The van der Waals surface area contributed by atoms with Gasteiger partial charge in [-0.3, -0.25) is 4.79 Å². The van der Waals surface area contributed by atoms with Crippen LogP contribution in [0, 0.1) is 12.7 Å². The van der Waals surface area contributed by atoms with E-state index in [1.807, 2.05) is 13.8 Å². The summed E-state index contributed by atoms with van der Waals surface area (Å²) in [5, 5.41) is 3.62. The number of nitrogens with two attached hydrogens (primary N) is 1. The number of hydrogen-bond donors (Lipinski definition) is 2. The largest absolute Gasteiger partial charge is 0.398 e. The molecular formula is C13H14FN3OS. The molecule has 6 heteroatoms. The number of nitrogens with one attached hydrogen (secondary N) is 1. The van der Waals surface area contributed by atoms with Gasteiger partial charge in [0.05, 0.1) is 11.6 Å². The Morgan fingerprint density at radius 1 is 1.53 bits per heavy atom. The third kappa shape index (κ3) is 3.08. The molecule has 2 rings (SSSR count). The summed E-state index contributed by atoms with van der Waals surface area (Å²) in [6, 6.07) is 3.51. The summed E-state index contributed by atoms with van der Waals surface area (Å²) in [6.07, 6.45) is 1.76. The molecule has 100 valence electrons. The van der Waals surface area contributed by atoms with Crippen molar-refractivity contribution < 1.29 is 9.18 Å². The molecule has 1 aromatic heterocycles. The molecular weight excluding hydrogens is 265 g/mol. The van der Waals surface area contributed by atoms with Gasteiger partial charge in [-0.2, -0.15) is 0 Å². The summed E-state index contributed by atoms with van der Waals surface area (Å²) in [5.74, 6) is -0.796. The molecule has 1 aromatic carbocycles. The second kappa shape index (κ2) is 5.36. The van der Waals surface area contributed by atoms with Crippen molar-refractivity contribution in [2.24, 2.45) is 0 Å². The van der Waals surface area contributed by atoms with E-state index in [9.17, 15) is 9.18 Å². The SMILES string of the molecule is Cc1cnc(C(C)NC(=O)c2ccc(F)cc2N)s1. The van der Waals surface area contributed by atoms with Crippen molar-refractivity contribution in [3.63, 3.8) is 0 Å². The van der Waals surface area contributed by atoms with Crippen LogP contribution in [0.25, 0.3) is 0 Å². The lowest BCUT2D eigenvalue weighted by atomic mass is 10.1. The van der Waals surface area contributed by atoms with Gasteiger partial charge in [-0.15, -0.1) is 11.3 Å². The number of nitrogens with zero attached hydrogens (tertiary/aromatic N) is 1. The molecule has 1 heterocycles. The van der Waals surface area contributed by atoms with E-state index in [-0.39, 0.29) is 23.2 Å². The molecule has 4 nitrogen and oxygen atoms in total. The Hall–Kier alpha value is -1.95. The fraction of sp³-hybridized carbons (Fsp3) is 0.231. The van der Waals surface area contributed by atoms with Gasteiger partial charge in [-0.25, -0.2) is 9.37 Å². The van der Waals surface area contributed by atoms with Gasteiger partial charge in [-0.05, 0) is 32.0 Å². The van der Waals surface area contributed by atoms with Crippen LogP contribution in [0.1, 0.15) is 33.2 Å². The number of aryl methyl sites for hydroxylation is 1. The zero-order chi connectivity index (χ0) is 14.0. The van der Waals surface area contributed by atoms with Gasteiger partial charge in [0.2, 0.25) is 0 Å². The van der Waals surface area contributed by atoms with Crippen LogP contribution in [-0.4, -0.2) is 10.9 Å². The van der Waals surface area contributed by atoms with Crippen molar-refractivity contribution in [2.75, 3.05) is 5.73 Å². The van der Waals surface area contributed by atoms with Crippen LogP contribution in [0.5, 0.6) is 0 Å². The van der Waals surface area contributed by atoms with Crippen molar-refractivity contribution in [3.8, 4) is 0 Å². The Bertz CT molecular complexity index is 612. The van der Waals surface area contributed by atoms with Gasteiger partial charge >= 0.3 is 0 Å². The van der Waals surface area contributed by atoms with Gasteiger partial charge in [0.15, 0.2) is 0 Å². The zero-order valence-electron chi connectivity index (χ0n) is 10.6. The predicted octanol–water partition coefficient (Wildman–Crippen LogP) is 2.66. The summed E-state index contributed by atoms with van der Waals surface area (Å²) < 4.78 is 12.9. The Labute approximate surface area is 114 Å². The lowest BCUT2D eigenvalue weighted by Gasteiger charge is -2.12. The van der Waals surface area contributed by atoms with E-state index >= 15 is 0 Å². The number of rotatable bonds is 3. The van der Waals surface area contributed by atoms with Gasteiger partial charge in [0, 0.05) is 16.8 Å². The number of benzene rings is 1. The van der Waals surface area contributed by atoms with Crippen molar-refractivity contribution in [1.29, 1.82) is 0 Å². The molecule has 3 N–H and O–H groups in total.